The lowest BCUT2D eigenvalue weighted by Crippen LogP contribution is -2.45. The van der Waals surface area contributed by atoms with Gasteiger partial charge in [0.1, 0.15) is 5.03 Å². The Balaban J connectivity index is 2.15. The number of thioether (sulfide) groups is 1. The highest BCUT2D eigenvalue weighted by atomic mass is 32.2. The summed E-state index contributed by atoms with van der Waals surface area (Å²) < 4.78 is 0. The summed E-state index contributed by atoms with van der Waals surface area (Å²) >= 11 is 1.74. The Morgan fingerprint density at radius 1 is 1.39 bits per heavy atom. The normalized spacial score (nSPS) is 14.4. The summed E-state index contributed by atoms with van der Waals surface area (Å²) in [7, 11) is 0. The van der Waals surface area contributed by atoms with Gasteiger partial charge in [0, 0.05) is 17.9 Å². The van der Waals surface area contributed by atoms with Gasteiger partial charge in [0.05, 0.1) is 12.8 Å². The van der Waals surface area contributed by atoms with Gasteiger partial charge in [0.25, 0.3) is 0 Å². The quantitative estimate of drug-likeness (QED) is 0.531. The molecule has 0 spiro atoms. The average molecular weight is 269 g/mol. The minimum atomic E-state index is -0.133. The zero-order valence-corrected chi connectivity index (χ0v) is 12.0. The van der Waals surface area contributed by atoms with Crippen molar-refractivity contribution in [3.8, 4) is 0 Å². The van der Waals surface area contributed by atoms with Crippen LogP contribution in [-0.2, 0) is 0 Å². The Morgan fingerprint density at radius 3 is 2.83 bits per heavy atom. The second kappa shape index (κ2) is 8.45. The molecule has 0 fully saturated rings. The maximum atomic E-state index is 9.36. The zero-order chi connectivity index (χ0) is 13.3. The number of nitrogens with zero attached hydrogens (tertiary/aromatic N) is 2. The van der Waals surface area contributed by atoms with Gasteiger partial charge < -0.3 is 10.4 Å². The average Bonchev–Trinajstić information content (AvgIpc) is 2.40. The van der Waals surface area contributed by atoms with Crippen LogP contribution in [0.15, 0.2) is 23.6 Å². The SMILES string of the molecule is CCNC(C)(CO)CCCCSc1cnccn1. The summed E-state index contributed by atoms with van der Waals surface area (Å²) in [5.41, 5.74) is -0.133. The van der Waals surface area contributed by atoms with Gasteiger partial charge >= 0.3 is 0 Å². The summed E-state index contributed by atoms with van der Waals surface area (Å²) in [5, 5.41) is 13.7. The van der Waals surface area contributed by atoms with Crippen LogP contribution in [0.4, 0.5) is 0 Å². The van der Waals surface area contributed by atoms with Gasteiger partial charge in [-0.2, -0.15) is 0 Å². The van der Waals surface area contributed by atoms with E-state index < -0.39 is 0 Å². The van der Waals surface area contributed by atoms with Crippen LogP contribution in [0.2, 0.25) is 0 Å². The van der Waals surface area contributed by atoms with Gasteiger partial charge in [0.15, 0.2) is 0 Å². The maximum absolute atomic E-state index is 9.36. The van der Waals surface area contributed by atoms with Crippen LogP contribution in [-0.4, -0.2) is 39.5 Å². The van der Waals surface area contributed by atoms with Crippen molar-refractivity contribution in [2.24, 2.45) is 0 Å². The van der Waals surface area contributed by atoms with Crippen molar-refractivity contribution in [1.29, 1.82) is 0 Å². The largest absolute Gasteiger partial charge is 0.394 e. The summed E-state index contributed by atoms with van der Waals surface area (Å²) in [6.45, 7) is 5.23. The molecule has 0 aromatic carbocycles. The monoisotopic (exact) mass is 269 g/mol. The number of aliphatic hydroxyl groups excluding tert-OH is 1. The third-order valence-corrected chi connectivity index (χ3v) is 3.86. The number of hydrogen-bond donors (Lipinski definition) is 2. The molecule has 102 valence electrons. The van der Waals surface area contributed by atoms with Crippen LogP contribution in [0.3, 0.4) is 0 Å². The summed E-state index contributed by atoms with van der Waals surface area (Å²) in [4.78, 5) is 8.25. The van der Waals surface area contributed by atoms with E-state index >= 15 is 0 Å². The molecule has 5 heteroatoms. The van der Waals surface area contributed by atoms with E-state index in [4.69, 9.17) is 0 Å². The van der Waals surface area contributed by atoms with E-state index in [0.29, 0.717) is 0 Å². The first kappa shape index (κ1) is 15.4. The molecule has 1 heterocycles. The van der Waals surface area contributed by atoms with E-state index in [1.807, 2.05) is 0 Å². The molecule has 1 rings (SSSR count). The van der Waals surface area contributed by atoms with E-state index in [2.05, 4.69) is 29.1 Å². The smallest absolute Gasteiger partial charge is 0.114 e. The second-order valence-electron chi connectivity index (χ2n) is 4.60. The highest BCUT2D eigenvalue weighted by Gasteiger charge is 2.20. The van der Waals surface area contributed by atoms with Crippen molar-refractivity contribution < 1.29 is 5.11 Å². The Labute approximate surface area is 114 Å². The van der Waals surface area contributed by atoms with Crippen molar-refractivity contribution in [1.82, 2.24) is 15.3 Å². The Kier molecular flexibility index (Phi) is 7.23. The van der Waals surface area contributed by atoms with Crippen molar-refractivity contribution in [2.75, 3.05) is 18.9 Å². The van der Waals surface area contributed by atoms with Gasteiger partial charge in [-0.1, -0.05) is 13.3 Å². The fourth-order valence-electron chi connectivity index (χ4n) is 1.80. The number of aromatic nitrogens is 2. The first-order valence-electron chi connectivity index (χ1n) is 6.45. The van der Waals surface area contributed by atoms with Gasteiger partial charge in [-0.25, -0.2) is 4.98 Å². The highest BCUT2D eigenvalue weighted by molar-refractivity contribution is 7.99. The molecule has 0 aliphatic heterocycles. The molecule has 0 bridgehead atoms. The number of unbranched alkanes of at least 4 members (excludes halogenated alkanes) is 1. The Hall–Kier alpha value is -0.650. The molecule has 0 saturated heterocycles. The molecular weight excluding hydrogens is 246 g/mol. The third kappa shape index (κ3) is 5.80. The molecule has 4 nitrogen and oxygen atoms in total. The number of nitrogens with one attached hydrogen (secondary N) is 1. The number of rotatable bonds is 9. The Bertz CT molecular complexity index is 323. The predicted molar refractivity (Wildman–Crippen MR) is 75.8 cm³/mol. The molecule has 1 unspecified atom stereocenters. The zero-order valence-electron chi connectivity index (χ0n) is 11.2. The molecule has 1 atom stereocenters. The van der Waals surface area contributed by atoms with E-state index in [0.717, 1.165) is 36.6 Å². The molecule has 1 aromatic rings. The van der Waals surface area contributed by atoms with Crippen molar-refractivity contribution >= 4 is 11.8 Å². The van der Waals surface area contributed by atoms with Crippen LogP contribution in [0.1, 0.15) is 33.1 Å². The fourth-order valence-corrected chi connectivity index (χ4v) is 2.63. The first-order valence-corrected chi connectivity index (χ1v) is 7.43. The molecule has 18 heavy (non-hydrogen) atoms. The second-order valence-corrected chi connectivity index (χ2v) is 5.71. The van der Waals surface area contributed by atoms with Crippen molar-refractivity contribution in [3.05, 3.63) is 18.6 Å². The van der Waals surface area contributed by atoms with Gasteiger partial charge in [-0.3, -0.25) is 4.98 Å². The molecule has 2 N–H and O–H groups in total. The lowest BCUT2D eigenvalue weighted by molar-refractivity contribution is 0.165. The fraction of sp³-hybridized carbons (Fsp3) is 0.692. The summed E-state index contributed by atoms with van der Waals surface area (Å²) in [6, 6.07) is 0. The first-order chi connectivity index (χ1) is 8.70. The predicted octanol–water partition coefficient (Wildman–Crippen LogP) is 2.10. The lowest BCUT2D eigenvalue weighted by Gasteiger charge is -2.28. The molecule has 0 aliphatic rings. The van der Waals surface area contributed by atoms with Gasteiger partial charge in [0.2, 0.25) is 0 Å². The molecule has 0 radical (unpaired) electrons. The number of hydrogen-bond acceptors (Lipinski definition) is 5. The lowest BCUT2D eigenvalue weighted by atomic mass is 9.96. The maximum Gasteiger partial charge on any atom is 0.114 e. The molecular formula is C13H23N3OS. The van der Waals surface area contributed by atoms with Crippen molar-refractivity contribution in [2.45, 2.75) is 43.7 Å². The molecule has 0 aliphatic carbocycles. The molecule has 1 aromatic heterocycles. The molecule has 0 amide bonds. The van der Waals surface area contributed by atoms with Gasteiger partial charge in [-0.05, 0) is 32.1 Å². The van der Waals surface area contributed by atoms with Crippen LogP contribution in [0.25, 0.3) is 0 Å². The summed E-state index contributed by atoms with van der Waals surface area (Å²) in [6.07, 6.45) is 8.43. The topological polar surface area (TPSA) is 58.0 Å². The van der Waals surface area contributed by atoms with Gasteiger partial charge in [-0.15, -0.1) is 11.8 Å². The minimum Gasteiger partial charge on any atom is -0.394 e. The standard InChI is InChI=1S/C13H23N3OS/c1-3-16-13(2,11-17)6-4-5-9-18-12-10-14-7-8-15-12/h7-8,10,16-17H,3-6,9,11H2,1-2H3. The van der Waals surface area contributed by atoms with Crippen molar-refractivity contribution in [3.63, 3.8) is 0 Å². The van der Waals surface area contributed by atoms with Crippen LogP contribution >= 0.6 is 11.8 Å². The van der Waals surface area contributed by atoms with Crippen LogP contribution in [0, 0.1) is 0 Å². The third-order valence-electron chi connectivity index (χ3n) is 2.86. The van der Waals surface area contributed by atoms with E-state index in [-0.39, 0.29) is 12.1 Å². The van der Waals surface area contributed by atoms with Crippen LogP contribution in [0.5, 0.6) is 0 Å². The Morgan fingerprint density at radius 2 is 2.22 bits per heavy atom. The van der Waals surface area contributed by atoms with E-state index in [9.17, 15) is 5.11 Å². The number of likely N-dealkylation sites (N-methyl/N-ethyl adjacent to an activating group) is 1. The van der Waals surface area contributed by atoms with Crippen LogP contribution < -0.4 is 5.32 Å². The van der Waals surface area contributed by atoms with E-state index in [1.165, 1.54) is 0 Å². The molecule has 0 saturated carbocycles. The highest BCUT2D eigenvalue weighted by Crippen LogP contribution is 2.18. The summed E-state index contributed by atoms with van der Waals surface area (Å²) in [5.74, 6) is 1.05. The van der Waals surface area contributed by atoms with E-state index in [1.54, 1.807) is 30.4 Å². The minimum absolute atomic E-state index is 0.133. The number of aliphatic hydroxyl groups is 1.